The molecule has 3 aromatic rings. The Morgan fingerprint density at radius 1 is 1.34 bits per heavy atom. The molecule has 0 radical (unpaired) electrons. The average molecular weight is 437 g/mol. The molecule has 2 fully saturated rings. The van der Waals surface area contributed by atoms with Gasteiger partial charge < -0.3 is 19.5 Å². The molecular weight excluding hydrogens is 408 g/mol. The molecule has 1 aliphatic carbocycles. The molecule has 1 saturated heterocycles. The summed E-state index contributed by atoms with van der Waals surface area (Å²) in [6.45, 7) is 4.19. The number of hydrogen-bond acceptors (Lipinski definition) is 7. The smallest absolute Gasteiger partial charge is 0.168 e. The Kier molecular flexibility index (Phi) is 5.59. The quantitative estimate of drug-likeness (QED) is 0.606. The average Bonchev–Trinajstić information content (AvgIpc) is 3.48. The first-order valence-corrected chi connectivity index (χ1v) is 11.1. The third-order valence-corrected chi connectivity index (χ3v) is 6.43. The summed E-state index contributed by atoms with van der Waals surface area (Å²) in [6, 6.07) is 4.05. The summed E-state index contributed by atoms with van der Waals surface area (Å²) in [5, 5.41) is 23.4. The van der Waals surface area contributed by atoms with Crippen LogP contribution >= 0.6 is 0 Å². The van der Waals surface area contributed by atoms with E-state index >= 15 is 0 Å². The van der Waals surface area contributed by atoms with Gasteiger partial charge in [-0.05, 0) is 38.7 Å². The summed E-state index contributed by atoms with van der Waals surface area (Å²) in [5.74, 6) is 7.98. The molecule has 0 aromatic carbocycles. The van der Waals surface area contributed by atoms with Gasteiger partial charge in [0.05, 0.1) is 43.1 Å². The van der Waals surface area contributed by atoms with E-state index in [9.17, 15) is 5.11 Å². The zero-order valence-corrected chi connectivity index (χ0v) is 18.4. The molecule has 0 spiro atoms. The van der Waals surface area contributed by atoms with Crippen molar-refractivity contribution in [3.8, 4) is 17.7 Å². The van der Waals surface area contributed by atoms with E-state index in [2.05, 4.69) is 39.0 Å². The predicted molar refractivity (Wildman–Crippen MR) is 120 cm³/mol. The highest BCUT2D eigenvalue weighted by atomic mass is 16.5. The molecule has 1 atom stereocenters. The van der Waals surface area contributed by atoms with Gasteiger partial charge in [0.2, 0.25) is 0 Å². The first-order chi connectivity index (χ1) is 15.6. The maximum atomic E-state index is 11.0. The number of ether oxygens (including phenoxy) is 2. The van der Waals surface area contributed by atoms with E-state index in [-0.39, 0.29) is 12.1 Å². The lowest BCUT2D eigenvalue weighted by atomic mass is 9.83. The van der Waals surface area contributed by atoms with E-state index in [0.29, 0.717) is 31.7 Å². The standard InChI is InChI=1S/C23H28N6O3/c1-16-15-32-12-11-28(16)21-13-17(3-7-23(30)8-4-18(31-2)5-9-23)19-14-25-29(22(19)26-21)20-6-10-24-27-20/h6,10,13-14,16,18,30H,4-5,8-9,11-12,15H2,1-2H3,(H,24,27)/t16-,18?,23?/m1/s1. The SMILES string of the molecule is COC1CCC(O)(C#Cc2cc(N3CCOC[C@H]3C)nc3c2cnn3-c2ccn[nH]2)CC1. The van der Waals surface area contributed by atoms with E-state index in [4.69, 9.17) is 14.5 Å². The number of H-pyrrole nitrogens is 1. The fourth-order valence-electron chi connectivity index (χ4n) is 4.46. The summed E-state index contributed by atoms with van der Waals surface area (Å²) < 4.78 is 12.8. The van der Waals surface area contributed by atoms with Crippen molar-refractivity contribution >= 4 is 16.9 Å². The molecular formula is C23H28N6O3. The number of aromatic nitrogens is 5. The summed E-state index contributed by atoms with van der Waals surface area (Å²) in [4.78, 5) is 7.17. The van der Waals surface area contributed by atoms with Gasteiger partial charge in [-0.2, -0.15) is 14.9 Å². The van der Waals surface area contributed by atoms with E-state index in [0.717, 1.165) is 42.0 Å². The van der Waals surface area contributed by atoms with Crippen molar-refractivity contribution in [2.24, 2.45) is 0 Å². The Bertz CT molecular complexity index is 1140. The van der Waals surface area contributed by atoms with Crippen molar-refractivity contribution < 1.29 is 14.6 Å². The molecule has 1 aliphatic heterocycles. The van der Waals surface area contributed by atoms with Gasteiger partial charge in [0.25, 0.3) is 0 Å². The largest absolute Gasteiger partial charge is 0.381 e. The van der Waals surface area contributed by atoms with Gasteiger partial charge in [0.1, 0.15) is 11.4 Å². The number of anilines is 1. The number of rotatable bonds is 3. The highest BCUT2D eigenvalue weighted by Gasteiger charge is 2.31. The normalized spacial score (nSPS) is 26.2. The van der Waals surface area contributed by atoms with Crippen LogP contribution in [0.15, 0.2) is 24.5 Å². The summed E-state index contributed by atoms with van der Waals surface area (Å²) in [6.07, 6.45) is 6.48. The first kappa shape index (κ1) is 20.9. The van der Waals surface area contributed by atoms with E-state index in [1.54, 1.807) is 24.2 Å². The van der Waals surface area contributed by atoms with Gasteiger partial charge in [-0.1, -0.05) is 11.8 Å². The van der Waals surface area contributed by atoms with Crippen LogP contribution in [0.4, 0.5) is 5.82 Å². The second-order valence-electron chi connectivity index (χ2n) is 8.60. The lowest BCUT2D eigenvalue weighted by Crippen LogP contribution is -2.44. The summed E-state index contributed by atoms with van der Waals surface area (Å²) in [5.41, 5.74) is 0.498. The lowest BCUT2D eigenvalue weighted by molar-refractivity contribution is -0.00826. The minimum atomic E-state index is -1.00. The van der Waals surface area contributed by atoms with E-state index in [1.807, 2.05) is 12.1 Å². The van der Waals surface area contributed by atoms with E-state index in [1.165, 1.54) is 0 Å². The number of fused-ring (bicyclic) bond motifs is 1. The third-order valence-electron chi connectivity index (χ3n) is 6.43. The Labute approximate surface area is 186 Å². The van der Waals surface area contributed by atoms with Crippen LogP contribution in [0.5, 0.6) is 0 Å². The molecule has 2 N–H and O–H groups in total. The number of hydrogen-bond donors (Lipinski definition) is 2. The topological polar surface area (TPSA) is 101 Å². The number of pyridine rings is 1. The summed E-state index contributed by atoms with van der Waals surface area (Å²) >= 11 is 0. The molecule has 0 bridgehead atoms. The highest BCUT2D eigenvalue weighted by Crippen LogP contribution is 2.30. The highest BCUT2D eigenvalue weighted by molar-refractivity contribution is 5.85. The molecule has 0 amide bonds. The Morgan fingerprint density at radius 3 is 2.91 bits per heavy atom. The molecule has 3 aromatic heterocycles. The summed E-state index contributed by atoms with van der Waals surface area (Å²) in [7, 11) is 1.72. The maximum Gasteiger partial charge on any atom is 0.168 e. The lowest BCUT2D eigenvalue weighted by Gasteiger charge is -2.34. The van der Waals surface area contributed by atoms with Gasteiger partial charge in [-0.3, -0.25) is 5.10 Å². The van der Waals surface area contributed by atoms with Crippen molar-refractivity contribution in [1.29, 1.82) is 0 Å². The van der Waals surface area contributed by atoms with Gasteiger partial charge >= 0.3 is 0 Å². The minimum absolute atomic E-state index is 0.201. The number of morpholine rings is 1. The number of methoxy groups -OCH3 is 1. The van der Waals surface area contributed by atoms with Crippen LogP contribution in [0.1, 0.15) is 38.2 Å². The van der Waals surface area contributed by atoms with Crippen molar-refractivity contribution in [3.63, 3.8) is 0 Å². The molecule has 0 unspecified atom stereocenters. The molecule has 9 heteroatoms. The molecule has 5 rings (SSSR count). The molecule has 4 heterocycles. The third kappa shape index (κ3) is 3.97. The Morgan fingerprint density at radius 2 is 2.19 bits per heavy atom. The fourth-order valence-corrected chi connectivity index (χ4v) is 4.46. The Balaban J connectivity index is 1.57. The minimum Gasteiger partial charge on any atom is -0.381 e. The van der Waals surface area contributed by atoms with Crippen molar-refractivity contribution in [1.82, 2.24) is 25.0 Å². The number of nitrogens with zero attached hydrogens (tertiary/aromatic N) is 5. The molecule has 32 heavy (non-hydrogen) atoms. The van der Waals surface area contributed by atoms with Crippen molar-refractivity contribution in [3.05, 3.63) is 30.1 Å². The molecule has 1 saturated carbocycles. The van der Waals surface area contributed by atoms with Crippen LogP contribution in [0.2, 0.25) is 0 Å². The van der Waals surface area contributed by atoms with Crippen LogP contribution < -0.4 is 4.90 Å². The van der Waals surface area contributed by atoms with Crippen LogP contribution in [-0.4, -0.2) is 74.7 Å². The number of aliphatic hydroxyl groups is 1. The van der Waals surface area contributed by atoms with Crippen LogP contribution in [-0.2, 0) is 9.47 Å². The second-order valence-corrected chi connectivity index (χ2v) is 8.60. The van der Waals surface area contributed by atoms with Crippen molar-refractivity contribution in [2.45, 2.75) is 50.4 Å². The monoisotopic (exact) mass is 436 g/mol. The van der Waals surface area contributed by atoms with Crippen molar-refractivity contribution in [2.75, 3.05) is 31.8 Å². The predicted octanol–water partition coefficient (Wildman–Crippen LogP) is 2.04. The molecule has 168 valence electrons. The van der Waals surface area contributed by atoms with Crippen LogP contribution in [0.3, 0.4) is 0 Å². The first-order valence-electron chi connectivity index (χ1n) is 11.1. The zero-order valence-electron chi connectivity index (χ0n) is 18.4. The van der Waals surface area contributed by atoms with Gasteiger partial charge in [0.15, 0.2) is 11.5 Å². The van der Waals surface area contributed by atoms with Gasteiger partial charge in [0, 0.05) is 25.3 Å². The fraction of sp³-hybridized carbons (Fsp3) is 0.522. The maximum absolute atomic E-state index is 11.0. The van der Waals surface area contributed by atoms with Gasteiger partial charge in [-0.25, -0.2) is 4.98 Å². The zero-order chi connectivity index (χ0) is 22.1. The molecule has 9 nitrogen and oxygen atoms in total. The van der Waals surface area contributed by atoms with Gasteiger partial charge in [-0.15, -0.1) is 0 Å². The Hall–Kier alpha value is -2.93. The second kappa shape index (κ2) is 8.54. The van der Waals surface area contributed by atoms with Crippen LogP contribution in [0, 0.1) is 11.8 Å². The number of aromatic amines is 1. The number of nitrogens with one attached hydrogen (secondary N) is 1. The molecule has 2 aliphatic rings. The van der Waals surface area contributed by atoms with Crippen LogP contribution in [0.25, 0.3) is 16.9 Å². The van der Waals surface area contributed by atoms with E-state index < -0.39 is 5.60 Å².